The normalized spacial score (nSPS) is 16.3. The molecule has 1 N–H and O–H groups in total. The number of nitrogens with one attached hydrogen (secondary N) is 1. The summed E-state index contributed by atoms with van der Waals surface area (Å²) in [5.41, 5.74) is 2.56. The molecule has 136 valence electrons. The number of benzene rings is 1. The van der Waals surface area contributed by atoms with Gasteiger partial charge in [0.25, 0.3) is 0 Å². The zero-order valence-electron chi connectivity index (χ0n) is 15.3. The van der Waals surface area contributed by atoms with E-state index in [1.54, 1.807) is 20.5 Å². The smallest absolute Gasteiger partial charge is 0.161 e. The van der Waals surface area contributed by atoms with Crippen LogP contribution in [0.1, 0.15) is 29.3 Å². The number of nitrogens with zero attached hydrogens (tertiary/aromatic N) is 2. The van der Waals surface area contributed by atoms with Gasteiger partial charge in [0.2, 0.25) is 0 Å². The number of aromatic nitrogens is 2. The Morgan fingerprint density at radius 3 is 2.85 bits per heavy atom. The van der Waals surface area contributed by atoms with Gasteiger partial charge in [-0.3, -0.25) is 0 Å². The van der Waals surface area contributed by atoms with E-state index in [9.17, 15) is 0 Å². The van der Waals surface area contributed by atoms with E-state index >= 15 is 0 Å². The van der Waals surface area contributed by atoms with E-state index in [-0.39, 0.29) is 0 Å². The molecular formula is C20H23N3O2S. The van der Waals surface area contributed by atoms with Crippen molar-refractivity contribution < 1.29 is 9.47 Å². The third-order valence-corrected chi connectivity index (χ3v) is 6.16. The van der Waals surface area contributed by atoms with Crippen molar-refractivity contribution in [1.29, 1.82) is 0 Å². The highest BCUT2D eigenvalue weighted by molar-refractivity contribution is 7.19. The van der Waals surface area contributed by atoms with Crippen molar-refractivity contribution in [2.24, 2.45) is 5.92 Å². The topological polar surface area (TPSA) is 56.3 Å². The number of thiophene rings is 1. The summed E-state index contributed by atoms with van der Waals surface area (Å²) in [4.78, 5) is 11.6. The van der Waals surface area contributed by atoms with Crippen LogP contribution in [0.4, 0.5) is 5.82 Å². The molecule has 0 saturated carbocycles. The number of hydrogen-bond acceptors (Lipinski definition) is 6. The summed E-state index contributed by atoms with van der Waals surface area (Å²) in [7, 11) is 3.30. The molecule has 0 spiro atoms. The van der Waals surface area contributed by atoms with Crippen LogP contribution in [-0.2, 0) is 19.4 Å². The number of fused-ring (bicyclic) bond motifs is 3. The molecule has 1 atom stereocenters. The second kappa shape index (κ2) is 7.11. The molecule has 6 heteroatoms. The standard InChI is InChI=1S/C20H23N3O2S/c1-12-4-6-14-17(8-12)26-20-18(14)19(22-11-23-20)21-10-13-5-7-15(24-2)16(9-13)25-3/h5,7,9,11-12H,4,6,8,10H2,1-3H3,(H,21,22,23)/t12-/m0/s1. The molecular weight excluding hydrogens is 346 g/mol. The Kier molecular flexibility index (Phi) is 4.68. The minimum atomic E-state index is 0.674. The molecule has 5 nitrogen and oxygen atoms in total. The van der Waals surface area contributed by atoms with Crippen LogP contribution in [-0.4, -0.2) is 24.2 Å². The van der Waals surface area contributed by atoms with Crippen molar-refractivity contribution in [1.82, 2.24) is 9.97 Å². The van der Waals surface area contributed by atoms with E-state index in [0.717, 1.165) is 46.5 Å². The molecule has 0 unspecified atom stereocenters. The molecule has 1 aliphatic carbocycles. The molecule has 1 aromatic carbocycles. The number of methoxy groups -OCH3 is 2. The number of hydrogen-bond donors (Lipinski definition) is 1. The van der Waals surface area contributed by atoms with Gasteiger partial charge in [0, 0.05) is 11.4 Å². The summed E-state index contributed by atoms with van der Waals surface area (Å²) in [6, 6.07) is 5.96. The van der Waals surface area contributed by atoms with Gasteiger partial charge in [0.15, 0.2) is 11.5 Å². The van der Waals surface area contributed by atoms with E-state index in [2.05, 4.69) is 22.2 Å². The third kappa shape index (κ3) is 3.09. The van der Waals surface area contributed by atoms with Crippen LogP contribution in [0.2, 0.25) is 0 Å². The highest BCUT2D eigenvalue weighted by atomic mass is 32.1. The number of ether oxygens (including phenoxy) is 2. The maximum atomic E-state index is 5.39. The minimum absolute atomic E-state index is 0.674. The maximum absolute atomic E-state index is 5.39. The predicted octanol–water partition coefficient (Wildman–Crippen LogP) is 4.45. The molecule has 3 aromatic rings. The molecule has 26 heavy (non-hydrogen) atoms. The first-order chi connectivity index (χ1) is 12.7. The molecule has 1 aliphatic rings. The molecule has 4 rings (SSSR count). The van der Waals surface area contributed by atoms with Crippen molar-refractivity contribution in [2.75, 3.05) is 19.5 Å². The predicted molar refractivity (Wildman–Crippen MR) is 105 cm³/mol. The molecule has 0 aliphatic heterocycles. The molecule has 0 saturated heterocycles. The summed E-state index contributed by atoms with van der Waals surface area (Å²) in [6.45, 7) is 3.00. The average molecular weight is 369 g/mol. The Hall–Kier alpha value is -2.34. The maximum Gasteiger partial charge on any atom is 0.161 e. The Balaban J connectivity index is 1.62. The fourth-order valence-electron chi connectivity index (χ4n) is 3.59. The fourth-order valence-corrected chi connectivity index (χ4v) is 4.94. The van der Waals surface area contributed by atoms with E-state index in [4.69, 9.17) is 9.47 Å². The molecule has 2 aromatic heterocycles. The lowest BCUT2D eigenvalue weighted by Gasteiger charge is -2.18. The van der Waals surface area contributed by atoms with Gasteiger partial charge in [-0.15, -0.1) is 11.3 Å². The summed E-state index contributed by atoms with van der Waals surface area (Å²) in [5, 5.41) is 4.71. The molecule has 0 bridgehead atoms. The van der Waals surface area contributed by atoms with Crippen molar-refractivity contribution in [2.45, 2.75) is 32.7 Å². The van der Waals surface area contributed by atoms with Gasteiger partial charge in [-0.05, 0) is 48.4 Å². The highest BCUT2D eigenvalue weighted by Crippen LogP contribution is 2.39. The van der Waals surface area contributed by atoms with Gasteiger partial charge in [0.1, 0.15) is 17.0 Å². The van der Waals surface area contributed by atoms with E-state index in [0.29, 0.717) is 6.54 Å². The van der Waals surface area contributed by atoms with Crippen LogP contribution in [0.15, 0.2) is 24.5 Å². The summed E-state index contributed by atoms with van der Waals surface area (Å²) in [5.74, 6) is 3.16. The van der Waals surface area contributed by atoms with Crippen LogP contribution < -0.4 is 14.8 Å². The average Bonchev–Trinajstić information content (AvgIpc) is 3.03. The zero-order valence-corrected chi connectivity index (χ0v) is 16.2. The Labute approximate surface area is 157 Å². The van der Waals surface area contributed by atoms with Gasteiger partial charge in [-0.2, -0.15) is 0 Å². The largest absolute Gasteiger partial charge is 0.493 e. The molecule has 0 amide bonds. The van der Waals surface area contributed by atoms with Gasteiger partial charge < -0.3 is 14.8 Å². The Morgan fingerprint density at radius 1 is 1.19 bits per heavy atom. The van der Waals surface area contributed by atoms with Crippen molar-refractivity contribution in [3.05, 3.63) is 40.5 Å². The van der Waals surface area contributed by atoms with Crippen molar-refractivity contribution >= 4 is 27.4 Å². The Morgan fingerprint density at radius 2 is 2.04 bits per heavy atom. The van der Waals surface area contributed by atoms with Gasteiger partial charge in [0.05, 0.1) is 19.6 Å². The second-order valence-electron chi connectivity index (χ2n) is 6.80. The summed E-state index contributed by atoms with van der Waals surface area (Å²) < 4.78 is 10.7. The molecule has 0 fully saturated rings. The van der Waals surface area contributed by atoms with Crippen LogP contribution in [0, 0.1) is 5.92 Å². The summed E-state index contributed by atoms with van der Waals surface area (Å²) in [6.07, 6.45) is 5.17. The monoisotopic (exact) mass is 369 g/mol. The summed E-state index contributed by atoms with van der Waals surface area (Å²) >= 11 is 1.82. The van der Waals surface area contributed by atoms with Gasteiger partial charge in [-0.1, -0.05) is 13.0 Å². The lowest BCUT2D eigenvalue weighted by Crippen LogP contribution is -2.09. The first kappa shape index (κ1) is 17.1. The lowest BCUT2D eigenvalue weighted by atomic mass is 9.89. The van der Waals surface area contributed by atoms with Crippen LogP contribution in [0.25, 0.3) is 10.2 Å². The van der Waals surface area contributed by atoms with E-state index in [1.807, 2.05) is 29.5 Å². The first-order valence-electron chi connectivity index (χ1n) is 8.89. The lowest BCUT2D eigenvalue weighted by molar-refractivity contribution is 0.354. The number of rotatable bonds is 5. The number of aryl methyl sites for hydroxylation is 1. The number of anilines is 1. The SMILES string of the molecule is COc1ccc(CNc2ncnc3sc4c(c23)CC[C@H](C)C4)cc1OC. The van der Waals surface area contributed by atoms with E-state index < -0.39 is 0 Å². The van der Waals surface area contributed by atoms with Crippen molar-refractivity contribution in [3.8, 4) is 11.5 Å². The van der Waals surface area contributed by atoms with Gasteiger partial charge >= 0.3 is 0 Å². The minimum Gasteiger partial charge on any atom is -0.493 e. The van der Waals surface area contributed by atoms with Crippen molar-refractivity contribution in [3.63, 3.8) is 0 Å². The molecule has 0 radical (unpaired) electrons. The van der Waals surface area contributed by atoms with Crippen LogP contribution in [0.5, 0.6) is 11.5 Å². The van der Waals surface area contributed by atoms with E-state index in [1.165, 1.54) is 22.2 Å². The quantitative estimate of drug-likeness (QED) is 0.720. The highest BCUT2D eigenvalue weighted by Gasteiger charge is 2.23. The van der Waals surface area contributed by atoms with Gasteiger partial charge in [-0.25, -0.2) is 9.97 Å². The Bertz CT molecular complexity index is 938. The second-order valence-corrected chi connectivity index (χ2v) is 7.88. The first-order valence-corrected chi connectivity index (χ1v) is 9.71. The fraction of sp³-hybridized carbons (Fsp3) is 0.400. The third-order valence-electron chi connectivity index (χ3n) is 5.00. The molecule has 2 heterocycles. The van der Waals surface area contributed by atoms with Crippen LogP contribution in [0.3, 0.4) is 0 Å². The zero-order chi connectivity index (χ0) is 18.1. The van der Waals surface area contributed by atoms with Crippen LogP contribution >= 0.6 is 11.3 Å².